The van der Waals surface area contributed by atoms with Gasteiger partial charge in [0.15, 0.2) is 0 Å². The summed E-state index contributed by atoms with van der Waals surface area (Å²) in [5.74, 6) is 1.49. The molecule has 0 bridgehead atoms. The van der Waals surface area contributed by atoms with Crippen molar-refractivity contribution in [3.05, 3.63) is 24.3 Å². The topological polar surface area (TPSA) is 30.3 Å². The molecular weight excluding hydrogens is 274 g/mol. The van der Waals surface area contributed by atoms with E-state index in [9.17, 15) is 0 Å². The largest absolute Gasteiger partial charge is 0.367 e. The molecule has 2 heterocycles. The van der Waals surface area contributed by atoms with E-state index >= 15 is 0 Å². The van der Waals surface area contributed by atoms with Gasteiger partial charge < -0.3 is 14.2 Å². The predicted octanol–water partition coefficient (Wildman–Crippen LogP) is 2.80. The van der Waals surface area contributed by atoms with E-state index in [0.717, 1.165) is 30.1 Å². The Morgan fingerprint density at radius 1 is 1.40 bits per heavy atom. The van der Waals surface area contributed by atoms with Crippen LogP contribution in [0.1, 0.15) is 13.8 Å². The quantitative estimate of drug-likeness (QED) is 0.798. The maximum atomic E-state index is 6.00. The minimum absolute atomic E-state index is 0.0419. The SMILES string of the molecule is Cn1c(N2CC(CCl)OC(C)(C)C2)nc2ccccc21. The van der Waals surface area contributed by atoms with Crippen LogP contribution in [0.5, 0.6) is 0 Å². The number of anilines is 1. The summed E-state index contributed by atoms with van der Waals surface area (Å²) in [5.41, 5.74) is 1.96. The Kier molecular flexibility index (Phi) is 3.38. The number of nitrogens with zero attached hydrogens (tertiary/aromatic N) is 3. The second kappa shape index (κ2) is 4.93. The van der Waals surface area contributed by atoms with Crippen LogP contribution in [0, 0.1) is 0 Å². The van der Waals surface area contributed by atoms with Crippen molar-refractivity contribution in [2.45, 2.75) is 25.6 Å². The first-order valence-electron chi connectivity index (χ1n) is 6.90. The van der Waals surface area contributed by atoms with Crippen molar-refractivity contribution < 1.29 is 4.74 Å². The van der Waals surface area contributed by atoms with Crippen LogP contribution in [0.4, 0.5) is 5.95 Å². The number of hydrogen-bond acceptors (Lipinski definition) is 3. The summed E-state index contributed by atoms with van der Waals surface area (Å²) < 4.78 is 8.12. The molecule has 0 N–H and O–H groups in total. The Bertz CT molecular complexity index is 623. The summed E-state index contributed by atoms with van der Waals surface area (Å²) in [7, 11) is 2.06. The van der Waals surface area contributed by atoms with Gasteiger partial charge in [0.1, 0.15) is 0 Å². The molecule has 2 aromatic rings. The summed E-state index contributed by atoms with van der Waals surface area (Å²) in [4.78, 5) is 7.03. The normalized spacial score (nSPS) is 22.4. The first-order chi connectivity index (χ1) is 9.50. The molecule has 108 valence electrons. The van der Waals surface area contributed by atoms with Crippen LogP contribution in [0.15, 0.2) is 24.3 Å². The molecule has 1 atom stereocenters. The summed E-state index contributed by atoms with van der Waals surface area (Å²) in [6.45, 7) is 5.80. The fraction of sp³-hybridized carbons (Fsp3) is 0.533. The van der Waals surface area contributed by atoms with Gasteiger partial charge in [-0.05, 0) is 26.0 Å². The zero-order valence-electron chi connectivity index (χ0n) is 12.1. The van der Waals surface area contributed by atoms with Gasteiger partial charge >= 0.3 is 0 Å². The molecule has 5 heteroatoms. The smallest absolute Gasteiger partial charge is 0.206 e. The van der Waals surface area contributed by atoms with E-state index in [0.29, 0.717) is 5.88 Å². The molecule has 0 amide bonds. The third-order valence-corrected chi connectivity index (χ3v) is 4.04. The lowest BCUT2D eigenvalue weighted by molar-refractivity contribution is -0.0739. The molecule has 0 aliphatic carbocycles. The van der Waals surface area contributed by atoms with Gasteiger partial charge in [0, 0.05) is 20.1 Å². The molecule has 1 aliphatic heterocycles. The first kappa shape index (κ1) is 13.7. The van der Waals surface area contributed by atoms with Gasteiger partial charge in [-0.1, -0.05) is 12.1 Å². The third kappa shape index (κ3) is 2.38. The molecule has 0 radical (unpaired) electrons. The first-order valence-corrected chi connectivity index (χ1v) is 7.44. The number of aryl methyl sites for hydroxylation is 1. The van der Waals surface area contributed by atoms with Gasteiger partial charge in [0.2, 0.25) is 5.95 Å². The van der Waals surface area contributed by atoms with Gasteiger partial charge in [-0.2, -0.15) is 0 Å². The minimum atomic E-state index is -0.212. The Morgan fingerprint density at radius 2 is 2.15 bits per heavy atom. The maximum Gasteiger partial charge on any atom is 0.206 e. The van der Waals surface area contributed by atoms with Crippen LogP contribution in [0.3, 0.4) is 0 Å². The highest BCUT2D eigenvalue weighted by Crippen LogP contribution is 2.28. The average Bonchev–Trinajstić information content (AvgIpc) is 2.75. The van der Waals surface area contributed by atoms with Gasteiger partial charge in [0.25, 0.3) is 0 Å². The monoisotopic (exact) mass is 293 g/mol. The number of morpholine rings is 1. The maximum absolute atomic E-state index is 6.00. The Balaban J connectivity index is 1.99. The lowest BCUT2D eigenvalue weighted by atomic mass is 10.1. The molecule has 1 aromatic heterocycles. The van der Waals surface area contributed by atoms with Gasteiger partial charge in [0.05, 0.1) is 28.6 Å². The van der Waals surface area contributed by atoms with Crippen LogP contribution < -0.4 is 4.90 Å². The van der Waals surface area contributed by atoms with Crippen molar-refractivity contribution in [1.29, 1.82) is 0 Å². The van der Waals surface area contributed by atoms with Crippen molar-refractivity contribution in [2.75, 3.05) is 23.9 Å². The van der Waals surface area contributed by atoms with Crippen LogP contribution in [0.2, 0.25) is 0 Å². The number of benzene rings is 1. The lowest BCUT2D eigenvalue weighted by Gasteiger charge is -2.42. The predicted molar refractivity (Wildman–Crippen MR) is 82.6 cm³/mol. The molecule has 1 saturated heterocycles. The Hall–Kier alpha value is -1.26. The standard InChI is InChI=1S/C15H20ClN3O/c1-15(2)10-19(9-11(8-16)20-15)14-17-12-6-4-5-7-13(12)18(14)3/h4-7,11H,8-10H2,1-3H3. The molecular formula is C15H20ClN3O. The summed E-state index contributed by atoms with van der Waals surface area (Å²) in [5, 5.41) is 0. The van der Waals surface area contributed by atoms with Gasteiger partial charge in [-0.3, -0.25) is 0 Å². The van der Waals surface area contributed by atoms with Crippen LogP contribution in [-0.2, 0) is 11.8 Å². The van der Waals surface area contributed by atoms with Crippen LogP contribution in [-0.4, -0.2) is 40.2 Å². The molecule has 3 rings (SSSR count). The number of hydrogen-bond donors (Lipinski definition) is 0. The molecule has 4 nitrogen and oxygen atoms in total. The third-order valence-electron chi connectivity index (χ3n) is 3.70. The van der Waals surface area contributed by atoms with E-state index in [2.05, 4.69) is 36.4 Å². The molecule has 1 fully saturated rings. The molecule has 1 unspecified atom stereocenters. The van der Waals surface area contributed by atoms with E-state index < -0.39 is 0 Å². The molecule has 1 aromatic carbocycles. The van der Waals surface area contributed by atoms with E-state index in [1.54, 1.807) is 0 Å². The minimum Gasteiger partial charge on any atom is -0.367 e. The fourth-order valence-corrected chi connectivity index (χ4v) is 3.10. The van der Waals surface area contributed by atoms with E-state index in [4.69, 9.17) is 21.3 Å². The van der Waals surface area contributed by atoms with Crippen molar-refractivity contribution in [2.24, 2.45) is 7.05 Å². The van der Waals surface area contributed by atoms with Gasteiger partial charge in [-0.15, -0.1) is 11.6 Å². The highest BCUT2D eigenvalue weighted by atomic mass is 35.5. The second-order valence-electron chi connectivity index (χ2n) is 5.99. The molecule has 20 heavy (non-hydrogen) atoms. The highest BCUT2D eigenvalue weighted by Gasteiger charge is 2.34. The molecule has 0 saturated carbocycles. The second-order valence-corrected chi connectivity index (χ2v) is 6.30. The molecule has 1 aliphatic rings. The number of halogens is 1. The average molecular weight is 294 g/mol. The number of ether oxygens (including phenoxy) is 1. The van der Waals surface area contributed by atoms with Crippen LogP contribution >= 0.6 is 11.6 Å². The molecule has 0 spiro atoms. The van der Waals surface area contributed by atoms with Crippen molar-refractivity contribution in [3.63, 3.8) is 0 Å². The number of imidazole rings is 1. The lowest BCUT2D eigenvalue weighted by Crippen LogP contribution is -2.54. The number of fused-ring (bicyclic) bond motifs is 1. The van der Waals surface area contributed by atoms with Gasteiger partial charge in [-0.25, -0.2) is 4.98 Å². The van der Waals surface area contributed by atoms with E-state index in [1.165, 1.54) is 0 Å². The zero-order chi connectivity index (χ0) is 14.3. The highest BCUT2D eigenvalue weighted by molar-refractivity contribution is 6.18. The van der Waals surface area contributed by atoms with Crippen LogP contribution in [0.25, 0.3) is 11.0 Å². The number of alkyl halides is 1. The van der Waals surface area contributed by atoms with E-state index in [1.807, 2.05) is 18.2 Å². The zero-order valence-corrected chi connectivity index (χ0v) is 12.9. The summed E-state index contributed by atoms with van der Waals surface area (Å²) in [6, 6.07) is 8.20. The number of rotatable bonds is 2. The van der Waals surface area contributed by atoms with Crippen molar-refractivity contribution >= 4 is 28.6 Å². The van der Waals surface area contributed by atoms with E-state index in [-0.39, 0.29) is 11.7 Å². The number of aromatic nitrogens is 2. The van der Waals surface area contributed by atoms with Crippen molar-refractivity contribution in [3.8, 4) is 0 Å². The summed E-state index contributed by atoms with van der Waals surface area (Å²) in [6.07, 6.45) is 0.0419. The fourth-order valence-electron chi connectivity index (χ4n) is 2.94. The summed E-state index contributed by atoms with van der Waals surface area (Å²) >= 11 is 6.00. The Labute approximate surface area is 124 Å². The number of para-hydroxylation sites is 2. The Morgan fingerprint density at radius 3 is 2.85 bits per heavy atom. The van der Waals surface area contributed by atoms with Crippen molar-refractivity contribution in [1.82, 2.24) is 9.55 Å².